The van der Waals surface area contributed by atoms with Crippen LogP contribution in [0.5, 0.6) is 0 Å². The number of pyridine rings is 1. The predicted molar refractivity (Wildman–Crippen MR) is 87.7 cm³/mol. The van der Waals surface area contributed by atoms with Gasteiger partial charge in [-0.2, -0.15) is 0 Å². The van der Waals surface area contributed by atoms with Crippen molar-refractivity contribution in [3.8, 4) is 0 Å². The second-order valence-electron chi connectivity index (χ2n) is 5.83. The van der Waals surface area contributed by atoms with E-state index >= 15 is 0 Å². The second-order valence-corrected chi connectivity index (χ2v) is 6.22. The molecule has 0 bridgehead atoms. The summed E-state index contributed by atoms with van der Waals surface area (Å²) in [6.07, 6.45) is 2.71. The van der Waals surface area contributed by atoms with Gasteiger partial charge in [-0.05, 0) is 30.5 Å². The third kappa shape index (κ3) is 2.61. The summed E-state index contributed by atoms with van der Waals surface area (Å²) in [5.74, 6) is -1.36. The smallest absolute Gasteiger partial charge is 0.355 e. The van der Waals surface area contributed by atoms with Gasteiger partial charge in [-0.3, -0.25) is 4.79 Å². The molecular weight excluding hydrogens is 332 g/mol. The number of esters is 1. The van der Waals surface area contributed by atoms with Crippen LogP contribution in [0.4, 0.5) is 0 Å². The molecule has 3 rings (SSSR count). The zero-order valence-electron chi connectivity index (χ0n) is 13.1. The van der Waals surface area contributed by atoms with Crippen molar-refractivity contribution in [1.29, 1.82) is 0 Å². The minimum absolute atomic E-state index is 0.0566. The van der Waals surface area contributed by atoms with Gasteiger partial charge in [0, 0.05) is 6.20 Å². The number of carbonyl (C=O) groups excluding carboxylic acids is 2. The molecule has 0 unspecified atom stereocenters. The van der Waals surface area contributed by atoms with Gasteiger partial charge in [-0.15, -0.1) is 0 Å². The van der Waals surface area contributed by atoms with Crippen molar-refractivity contribution < 1.29 is 19.4 Å². The van der Waals surface area contributed by atoms with Crippen LogP contribution in [-0.2, 0) is 14.3 Å². The van der Waals surface area contributed by atoms with Gasteiger partial charge in [-0.1, -0.05) is 30.3 Å². The highest BCUT2D eigenvalue weighted by atomic mass is 35.5. The van der Waals surface area contributed by atoms with E-state index in [9.17, 15) is 14.7 Å². The van der Waals surface area contributed by atoms with Crippen LogP contribution in [-0.4, -0.2) is 45.6 Å². The molecule has 1 N–H and O–H groups in total. The first-order valence-electron chi connectivity index (χ1n) is 7.60. The summed E-state index contributed by atoms with van der Waals surface area (Å²) in [6, 6.07) is 3.13. The highest BCUT2D eigenvalue weighted by molar-refractivity contribution is 6.29. The summed E-state index contributed by atoms with van der Waals surface area (Å²) in [7, 11) is 0. The van der Waals surface area contributed by atoms with Crippen molar-refractivity contribution in [2.75, 3.05) is 6.61 Å². The maximum absolute atomic E-state index is 12.4. The number of hydrogen-bond acceptors (Lipinski definition) is 5. The quantitative estimate of drug-likeness (QED) is 0.380. The Morgan fingerprint density at radius 3 is 2.96 bits per heavy atom. The Balaban J connectivity index is 1.99. The molecule has 0 saturated carbocycles. The third-order valence-electron chi connectivity index (χ3n) is 4.33. The Hall–Kier alpha value is -2.18. The summed E-state index contributed by atoms with van der Waals surface area (Å²) in [5.41, 5.74) is 1.60. The molecule has 0 spiro atoms. The number of halogens is 1. The normalized spacial score (nSPS) is 23.6. The Morgan fingerprint density at radius 2 is 2.38 bits per heavy atom. The molecule has 126 valence electrons. The van der Waals surface area contributed by atoms with Gasteiger partial charge in [-0.25, -0.2) is 9.78 Å². The number of carbonyl (C=O) groups is 2. The second kappa shape index (κ2) is 6.37. The molecule has 0 aromatic carbocycles. The van der Waals surface area contributed by atoms with Crippen LogP contribution < -0.4 is 0 Å². The molecule has 0 radical (unpaired) electrons. The summed E-state index contributed by atoms with van der Waals surface area (Å²) in [4.78, 5) is 30.3. The van der Waals surface area contributed by atoms with E-state index in [0.29, 0.717) is 22.7 Å². The van der Waals surface area contributed by atoms with Crippen LogP contribution in [0.2, 0.25) is 5.15 Å². The Kier molecular flexibility index (Phi) is 4.43. The summed E-state index contributed by atoms with van der Waals surface area (Å²) in [6.45, 7) is 5.15. The number of nitrogens with zero attached hydrogens (tertiary/aromatic N) is 2. The fourth-order valence-electron chi connectivity index (χ4n) is 3.27. The van der Waals surface area contributed by atoms with Gasteiger partial charge in [0.2, 0.25) is 5.91 Å². The highest BCUT2D eigenvalue weighted by Crippen LogP contribution is 2.47. The van der Waals surface area contributed by atoms with E-state index in [1.54, 1.807) is 25.3 Å². The fourth-order valence-corrected chi connectivity index (χ4v) is 3.39. The van der Waals surface area contributed by atoms with E-state index in [0.717, 1.165) is 0 Å². The number of ether oxygens (including phenoxy) is 1. The van der Waals surface area contributed by atoms with E-state index in [2.05, 4.69) is 11.6 Å². The Bertz CT molecular complexity index is 727. The van der Waals surface area contributed by atoms with Crippen molar-refractivity contribution in [3.63, 3.8) is 0 Å². The minimum Gasteiger partial charge on any atom is -0.457 e. The number of amides is 1. The molecule has 7 heteroatoms. The molecule has 6 nitrogen and oxygen atoms in total. The van der Waals surface area contributed by atoms with Crippen molar-refractivity contribution in [3.05, 3.63) is 47.4 Å². The molecule has 1 aromatic rings. The van der Waals surface area contributed by atoms with Gasteiger partial charge in [0.1, 0.15) is 17.5 Å². The molecular formula is C17H17ClN2O4. The van der Waals surface area contributed by atoms with Crippen LogP contribution in [0, 0.1) is 5.92 Å². The molecule has 1 amide bonds. The van der Waals surface area contributed by atoms with Crippen LogP contribution in [0.25, 0.3) is 5.57 Å². The first kappa shape index (κ1) is 16.7. The monoisotopic (exact) mass is 348 g/mol. The maximum atomic E-state index is 12.4. The number of aromatic nitrogens is 1. The van der Waals surface area contributed by atoms with Crippen molar-refractivity contribution >= 4 is 29.1 Å². The van der Waals surface area contributed by atoms with Gasteiger partial charge in [0.05, 0.1) is 18.1 Å². The van der Waals surface area contributed by atoms with Gasteiger partial charge in [0.25, 0.3) is 0 Å². The van der Waals surface area contributed by atoms with Crippen LogP contribution >= 0.6 is 11.6 Å². The van der Waals surface area contributed by atoms with Crippen LogP contribution in [0.3, 0.4) is 0 Å². The number of aliphatic hydroxyl groups excluding tert-OH is 1. The van der Waals surface area contributed by atoms with Crippen molar-refractivity contribution in [2.45, 2.75) is 25.5 Å². The molecule has 3 atom stereocenters. The van der Waals surface area contributed by atoms with Crippen molar-refractivity contribution in [1.82, 2.24) is 9.88 Å². The summed E-state index contributed by atoms with van der Waals surface area (Å²) in [5, 5.41) is 10.2. The molecule has 1 fully saturated rings. The first-order chi connectivity index (χ1) is 11.5. The van der Waals surface area contributed by atoms with Crippen LogP contribution in [0.15, 0.2) is 36.7 Å². The summed E-state index contributed by atoms with van der Waals surface area (Å²) < 4.78 is 5.13. The predicted octanol–water partition coefficient (Wildman–Crippen LogP) is 1.79. The first-order valence-corrected chi connectivity index (χ1v) is 7.97. The molecule has 0 aliphatic carbocycles. The average Bonchev–Trinajstić information content (AvgIpc) is 2.88. The van der Waals surface area contributed by atoms with Crippen LogP contribution in [0.1, 0.15) is 18.9 Å². The molecule has 3 heterocycles. The van der Waals surface area contributed by atoms with Crippen molar-refractivity contribution in [2.24, 2.45) is 5.92 Å². The zero-order chi connectivity index (χ0) is 17.4. The Labute approximate surface area is 144 Å². The largest absolute Gasteiger partial charge is 0.457 e. The number of aliphatic hydroxyl groups is 1. The number of β-lactam (4-membered cyclic amide) rings is 1. The minimum atomic E-state index is -0.771. The summed E-state index contributed by atoms with van der Waals surface area (Å²) >= 11 is 5.82. The average molecular weight is 349 g/mol. The molecule has 1 saturated heterocycles. The molecule has 1 aromatic heterocycles. The lowest BCUT2D eigenvalue weighted by Gasteiger charge is -2.44. The molecule has 2 aliphatic rings. The van der Waals surface area contributed by atoms with E-state index in [1.807, 2.05) is 0 Å². The zero-order valence-corrected chi connectivity index (χ0v) is 13.9. The van der Waals surface area contributed by atoms with Gasteiger partial charge < -0.3 is 14.7 Å². The lowest BCUT2D eigenvalue weighted by atomic mass is 9.82. The lowest BCUT2D eigenvalue weighted by molar-refractivity contribution is -0.162. The number of rotatable bonds is 5. The Morgan fingerprint density at radius 1 is 1.62 bits per heavy atom. The maximum Gasteiger partial charge on any atom is 0.355 e. The van der Waals surface area contributed by atoms with E-state index in [-0.39, 0.29) is 24.3 Å². The number of hydrogen-bond donors (Lipinski definition) is 1. The standard InChI is InChI=1S/C17H17ClN2O4/c1-3-6-24-17(23)15-11(10-4-5-13(18)19-8-10)7-12-14(9(2)21)16(22)20(12)15/h3-5,8-9,12,14,21H,1,6-7H2,2H3/t9-,12-,14-/m1/s1. The van der Waals surface area contributed by atoms with E-state index in [4.69, 9.17) is 16.3 Å². The van der Waals surface area contributed by atoms with E-state index in [1.165, 1.54) is 11.0 Å². The van der Waals surface area contributed by atoms with Gasteiger partial charge in [0.15, 0.2) is 0 Å². The topological polar surface area (TPSA) is 79.7 Å². The fraction of sp³-hybridized carbons (Fsp3) is 0.353. The highest BCUT2D eigenvalue weighted by Gasteiger charge is 2.57. The number of fused-ring (bicyclic) bond motifs is 1. The van der Waals surface area contributed by atoms with E-state index < -0.39 is 18.0 Å². The SMILES string of the molecule is C=CCOC(=O)C1=C(c2ccc(Cl)nc2)C[C@@H]2[C@@H]([C@@H](C)O)C(=O)N12. The molecule has 2 aliphatic heterocycles. The lowest BCUT2D eigenvalue weighted by Crippen LogP contribution is -2.61. The third-order valence-corrected chi connectivity index (χ3v) is 4.55. The molecule has 24 heavy (non-hydrogen) atoms. The van der Waals surface area contributed by atoms with Gasteiger partial charge >= 0.3 is 5.97 Å².